The van der Waals surface area contributed by atoms with Gasteiger partial charge in [0, 0.05) is 17.6 Å². The predicted molar refractivity (Wildman–Crippen MR) is 207 cm³/mol. The van der Waals surface area contributed by atoms with Crippen LogP contribution in [-0.2, 0) is 6.42 Å². The third-order valence-electron chi connectivity index (χ3n) is 10.7. The summed E-state index contributed by atoms with van der Waals surface area (Å²) in [7, 11) is 0. The molecule has 1 unspecified atom stereocenters. The first-order valence-electron chi connectivity index (χ1n) is 17.4. The molecule has 1 aliphatic heterocycles. The Morgan fingerprint density at radius 3 is 2.00 bits per heavy atom. The van der Waals surface area contributed by atoms with Gasteiger partial charge in [-0.15, -0.1) is 0 Å². The fourth-order valence-electron chi connectivity index (χ4n) is 8.44. The van der Waals surface area contributed by atoms with E-state index in [1.165, 1.54) is 88.3 Å². The molecule has 1 atom stereocenters. The third kappa shape index (κ3) is 4.54. The average molecular weight is 627 g/mol. The van der Waals surface area contributed by atoms with Crippen molar-refractivity contribution >= 4 is 38.8 Å². The van der Waals surface area contributed by atoms with Crippen molar-refractivity contribution in [3.05, 3.63) is 180 Å². The topological polar surface area (TPSA) is 9.23 Å². The SMILES string of the molecule is C1=Cc2c(c(C3=CCC4Oc5cc(-c6ccccc6)ccc5C4=C3)c3ccccc3c2-c2cccc3c(-c4ccccc4)cccc23)CC1. The molecule has 0 bridgehead atoms. The van der Waals surface area contributed by atoms with E-state index in [2.05, 4.69) is 164 Å². The molecular weight excluding hydrogens is 593 g/mol. The van der Waals surface area contributed by atoms with Crippen molar-refractivity contribution < 1.29 is 4.74 Å². The Morgan fingerprint density at radius 2 is 1.20 bits per heavy atom. The van der Waals surface area contributed by atoms with Crippen molar-refractivity contribution in [3.8, 4) is 39.1 Å². The van der Waals surface area contributed by atoms with Crippen molar-refractivity contribution in [2.24, 2.45) is 0 Å². The highest BCUT2D eigenvalue weighted by Crippen LogP contribution is 2.49. The number of hydrogen-bond donors (Lipinski definition) is 0. The minimum Gasteiger partial charge on any atom is -0.485 e. The van der Waals surface area contributed by atoms with E-state index in [4.69, 9.17) is 4.74 Å². The van der Waals surface area contributed by atoms with Crippen LogP contribution in [0.25, 0.3) is 72.1 Å². The summed E-state index contributed by atoms with van der Waals surface area (Å²) in [6.07, 6.45) is 12.6. The lowest BCUT2D eigenvalue weighted by atomic mass is 9.77. The molecule has 0 fully saturated rings. The number of hydrogen-bond acceptors (Lipinski definition) is 1. The lowest BCUT2D eigenvalue weighted by Crippen LogP contribution is -2.14. The van der Waals surface area contributed by atoms with Crippen molar-refractivity contribution in [2.45, 2.75) is 25.4 Å². The van der Waals surface area contributed by atoms with Gasteiger partial charge in [-0.1, -0.05) is 152 Å². The van der Waals surface area contributed by atoms with Crippen LogP contribution in [0.3, 0.4) is 0 Å². The summed E-state index contributed by atoms with van der Waals surface area (Å²) < 4.78 is 6.59. The largest absolute Gasteiger partial charge is 0.485 e. The fourth-order valence-corrected chi connectivity index (χ4v) is 8.44. The van der Waals surface area contributed by atoms with Crippen LogP contribution in [0.2, 0.25) is 0 Å². The molecule has 0 amide bonds. The Bertz CT molecular complexity index is 2530. The molecule has 49 heavy (non-hydrogen) atoms. The first-order chi connectivity index (χ1) is 24.3. The van der Waals surface area contributed by atoms with E-state index >= 15 is 0 Å². The van der Waals surface area contributed by atoms with E-state index in [0.717, 1.165) is 25.0 Å². The van der Waals surface area contributed by atoms with Gasteiger partial charge in [-0.3, -0.25) is 0 Å². The van der Waals surface area contributed by atoms with Crippen LogP contribution < -0.4 is 4.74 Å². The highest BCUT2D eigenvalue weighted by Gasteiger charge is 2.32. The van der Waals surface area contributed by atoms with E-state index in [0.29, 0.717) is 0 Å². The van der Waals surface area contributed by atoms with E-state index in [1.807, 2.05) is 0 Å². The van der Waals surface area contributed by atoms with Crippen molar-refractivity contribution in [1.29, 1.82) is 0 Å². The van der Waals surface area contributed by atoms with Crippen molar-refractivity contribution in [1.82, 2.24) is 0 Å². The number of ether oxygens (including phenoxy) is 1. The first-order valence-corrected chi connectivity index (χ1v) is 17.4. The van der Waals surface area contributed by atoms with E-state index in [-0.39, 0.29) is 6.10 Å². The molecule has 1 heteroatoms. The normalized spacial score (nSPS) is 16.0. The molecule has 0 saturated carbocycles. The van der Waals surface area contributed by atoms with Crippen molar-refractivity contribution in [3.63, 3.8) is 0 Å². The number of rotatable bonds is 4. The minimum atomic E-state index is 0.0560. The standard InChI is InChI=1S/C48H34O/c1-3-13-31(14-4-1)33-25-27-38-44-29-34(26-28-45(44)49-46(38)30-33)47-40-17-7-9-19-42(40)48(43-20-10-8-18-41(43)47)39-24-12-22-36-35(21-11-23-37(36)39)32-15-5-2-6-16-32/h1-7,9-17,19-27,29-30,45H,8,18,28H2. The average Bonchev–Trinajstić information content (AvgIpc) is 3.54. The minimum absolute atomic E-state index is 0.0560. The van der Waals surface area contributed by atoms with Crippen LogP contribution >= 0.6 is 0 Å². The monoisotopic (exact) mass is 626 g/mol. The van der Waals surface area contributed by atoms with Gasteiger partial charge in [0.25, 0.3) is 0 Å². The summed E-state index contributed by atoms with van der Waals surface area (Å²) in [5.74, 6) is 0.989. The van der Waals surface area contributed by atoms with Gasteiger partial charge in [-0.25, -0.2) is 0 Å². The molecule has 2 aliphatic carbocycles. The molecular formula is C48H34O. The van der Waals surface area contributed by atoms with Gasteiger partial charge in [0.1, 0.15) is 11.9 Å². The van der Waals surface area contributed by atoms with E-state index < -0.39 is 0 Å². The zero-order valence-corrected chi connectivity index (χ0v) is 27.2. The maximum atomic E-state index is 6.59. The molecule has 0 aromatic heterocycles. The first kappa shape index (κ1) is 28.1. The lowest BCUT2D eigenvalue weighted by Gasteiger charge is -2.26. The molecule has 0 saturated heterocycles. The van der Waals surface area contributed by atoms with Gasteiger partial charge < -0.3 is 4.74 Å². The smallest absolute Gasteiger partial charge is 0.128 e. The zero-order valence-electron chi connectivity index (χ0n) is 27.2. The molecule has 0 radical (unpaired) electrons. The van der Waals surface area contributed by atoms with Crippen molar-refractivity contribution in [2.75, 3.05) is 0 Å². The van der Waals surface area contributed by atoms with Gasteiger partial charge in [0.15, 0.2) is 0 Å². The quantitative estimate of drug-likeness (QED) is 0.189. The highest BCUT2D eigenvalue weighted by atomic mass is 16.5. The molecule has 1 nitrogen and oxygen atoms in total. The van der Waals surface area contributed by atoms with Gasteiger partial charge >= 0.3 is 0 Å². The number of fused-ring (bicyclic) bond motifs is 6. The molecule has 232 valence electrons. The summed E-state index contributed by atoms with van der Waals surface area (Å²) >= 11 is 0. The summed E-state index contributed by atoms with van der Waals surface area (Å²) in [6, 6.07) is 50.7. The Balaban J connectivity index is 1.15. The maximum Gasteiger partial charge on any atom is 0.128 e. The Morgan fingerprint density at radius 1 is 0.531 bits per heavy atom. The van der Waals surface area contributed by atoms with Crippen LogP contribution in [0.4, 0.5) is 0 Å². The molecule has 7 aromatic carbocycles. The second-order valence-corrected chi connectivity index (χ2v) is 13.4. The van der Waals surface area contributed by atoms with Crippen LogP contribution in [0.15, 0.2) is 158 Å². The van der Waals surface area contributed by atoms with E-state index in [1.54, 1.807) is 0 Å². The molecule has 10 rings (SSSR count). The van der Waals surface area contributed by atoms with Gasteiger partial charge in [0.05, 0.1) is 0 Å². The third-order valence-corrected chi connectivity index (χ3v) is 10.7. The molecule has 1 heterocycles. The number of allylic oxidation sites excluding steroid dienone is 3. The lowest BCUT2D eigenvalue weighted by molar-refractivity contribution is 0.279. The molecule has 3 aliphatic rings. The van der Waals surface area contributed by atoms with Gasteiger partial charge in [0.2, 0.25) is 0 Å². The summed E-state index contributed by atoms with van der Waals surface area (Å²) in [5, 5.41) is 5.20. The van der Waals surface area contributed by atoms with E-state index in [9.17, 15) is 0 Å². The fraction of sp³-hybridized carbons (Fsp3) is 0.0833. The van der Waals surface area contributed by atoms with Gasteiger partial charge in [-0.05, 0) is 102 Å². The summed E-state index contributed by atoms with van der Waals surface area (Å²) in [5.41, 5.74) is 15.6. The number of benzene rings is 7. The van der Waals surface area contributed by atoms with Crippen LogP contribution in [0, 0.1) is 0 Å². The Hall–Kier alpha value is -5.92. The predicted octanol–water partition coefficient (Wildman–Crippen LogP) is 12.6. The zero-order chi connectivity index (χ0) is 32.3. The van der Waals surface area contributed by atoms with Crippen LogP contribution in [0.5, 0.6) is 5.75 Å². The second-order valence-electron chi connectivity index (χ2n) is 13.4. The van der Waals surface area contributed by atoms with Crippen LogP contribution in [0.1, 0.15) is 35.1 Å². The summed E-state index contributed by atoms with van der Waals surface area (Å²) in [4.78, 5) is 0. The van der Waals surface area contributed by atoms with Gasteiger partial charge in [-0.2, -0.15) is 0 Å². The molecule has 7 aromatic rings. The Labute approximate surface area is 287 Å². The molecule has 0 N–H and O–H groups in total. The van der Waals surface area contributed by atoms with Crippen LogP contribution in [-0.4, -0.2) is 6.10 Å². The highest BCUT2D eigenvalue weighted by molar-refractivity contribution is 6.15. The Kier molecular flexibility index (Phi) is 6.52. The summed E-state index contributed by atoms with van der Waals surface area (Å²) in [6.45, 7) is 0. The second kappa shape index (κ2) is 11.4. The molecule has 0 spiro atoms. The maximum absolute atomic E-state index is 6.59.